The van der Waals surface area contributed by atoms with E-state index in [9.17, 15) is 0 Å². The van der Waals surface area contributed by atoms with E-state index in [1.165, 1.54) is 38.9 Å². The molecule has 1 atom stereocenters. The largest absolute Gasteiger partial charge is 0.341 e. The summed E-state index contributed by atoms with van der Waals surface area (Å²) in [4.78, 5) is 0. The lowest BCUT2D eigenvalue weighted by Gasteiger charge is -2.09. The van der Waals surface area contributed by atoms with E-state index in [-0.39, 0.29) is 0 Å². The second-order valence-corrected chi connectivity index (χ2v) is 5.84. The second kappa shape index (κ2) is 3.99. The maximum Gasteiger partial charge on any atom is 0.0532 e. The molecule has 0 amide bonds. The van der Waals surface area contributed by atoms with Crippen molar-refractivity contribution in [3.8, 4) is 11.3 Å². The second-order valence-electron chi connectivity index (χ2n) is 5.84. The van der Waals surface area contributed by atoms with E-state index in [1.54, 1.807) is 0 Å². The van der Waals surface area contributed by atoms with Gasteiger partial charge in [0, 0.05) is 28.9 Å². The Balaban J connectivity index is 2.18. The predicted molar refractivity (Wildman–Crippen MR) is 85.3 cm³/mol. The molecule has 2 aromatic carbocycles. The average Bonchev–Trinajstić information content (AvgIpc) is 2.93. The van der Waals surface area contributed by atoms with Crippen LogP contribution in [0, 0.1) is 6.92 Å². The lowest BCUT2D eigenvalue weighted by atomic mass is 9.97. The molecular formula is C19H19N. The van der Waals surface area contributed by atoms with Gasteiger partial charge in [0.25, 0.3) is 0 Å². The number of benzene rings is 2. The molecule has 1 nitrogen and oxygen atoms in total. The number of hydrogen-bond acceptors (Lipinski definition) is 0. The van der Waals surface area contributed by atoms with Crippen LogP contribution in [0.25, 0.3) is 22.2 Å². The number of hydrogen-bond donors (Lipinski definition) is 0. The van der Waals surface area contributed by atoms with Gasteiger partial charge in [0.1, 0.15) is 0 Å². The van der Waals surface area contributed by atoms with Gasteiger partial charge in [-0.3, -0.25) is 0 Å². The fourth-order valence-electron chi connectivity index (χ4n) is 3.80. The summed E-state index contributed by atoms with van der Waals surface area (Å²) in [5.41, 5.74) is 8.58. The Kier molecular flexibility index (Phi) is 2.35. The maximum atomic E-state index is 2.48. The average molecular weight is 261 g/mol. The summed E-state index contributed by atoms with van der Waals surface area (Å²) < 4.78 is 2.48. The molecule has 1 heteroatoms. The normalized spacial score (nSPS) is 16.4. The van der Waals surface area contributed by atoms with Crippen LogP contribution in [0.5, 0.6) is 0 Å². The fourth-order valence-corrected chi connectivity index (χ4v) is 3.80. The minimum Gasteiger partial charge on any atom is -0.341 e. The van der Waals surface area contributed by atoms with Gasteiger partial charge in [-0.2, -0.15) is 0 Å². The van der Waals surface area contributed by atoms with Crippen LogP contribution in [0.2, 0.25) is 0 Å². The van der Waals surface area contributed by atoms with E-state index < -0.39 is 0 Å². The molecule has 0 aliphatic heterocycles. The van der Waals surface area contributed by atoms with Crippen molar-refractivity contribution in [3.05, 3.63) is 59.2 Å². The van der Waals surface area contributed by atoms with Crippen molar-refractivity contribution < 1.29 is 0 Å². The highest BCUT2D eigenvalue weighted by Crippen LogP contribution is 2.49. The standard InChI is InChI=1S/C19H19N/c1-4-20-17-10-9-12(2)11-16(17)18-13(3)14-7-5-6-8-15(14)19(18)20/h5-11,13H,4H2,1-3H3. The number of nitrogens with zero attached hydrogens (tertiary/aromatic N) is 1. The number of aryl methyl sites for hydroxylation is 2. The van der Waals surface area contributed by atoms with E-state index in [0.29, 0.717) is 5.92 Å². The van der Waals surface area contributed by atoms with Crippen molar-refractivity contribution in [2.75, 3.05) is 0 Å². The molecule has 100 valence electrons. The third-order valence-electron chi connectivity index (χ3n) is 4.69. The predicted octanol–water partition coefficient (Wildman–Crippen LogP) is 5.10. The number of fused-ring (bicyclic) bond motifs is 5. The summed E-state index contributed by atoms with van der Waals surface area (Å²) in [6, 6.07) is 15.7. The van der Waals surface area contributed by atoms with E-state index in [2.05, 4.69) is 67.8 Å². The van der Waals surface area contributed by atoms with Gasteiger partial charge < -0.3 is 4.57 Å². The third-order valence-corrected chi connectivity index (χ3v) is 4.69. The van der Waals surface area contributed by atoms with E-state index >= 15 is 0 Å². The Hall–Kier alpha value is -2.02. The zero-order valence-electron chi connectivity index (χ0n) is 12.3. The molecule has 20 heavy (non-hydrogen) atoms. The van der Waals surface area contributed by atoms with Crippen molar-refractivity contribution >= 4 is 10.9 Å². The fraction of sp³-hybridized carbons (Fsp3) is 0.263. The summed E-state index contributed by atoms with van der Waals surface area (Å²) in [5.74, 6) is 0.498. The quantitative estimate of drug-likeness (QED) is 0.574. The molecule has 0 fully saturated rings. The molecule has 0 radical (unpaired) electrons. The molecule has 1 aliphatic carbocycles. The Labute approximate surface area is 119 Å². The van der Waals surface area contributed by atoms with Crippen LogP contribution in [0.15, 0.2) is 42.5 Å². The highest BCUT2D eigenvalue weighted by molar-refractivity contribution is 5.96. The smallest absolute Gasteiger partial charge is 0.0532 e. The molecule has 1 unspecified atom stereocenters. The molecule has 1 heterocycles. The van der Waals surface area contributed by atoms with E-state index in [1.807, 2.05) is 0 Å². The maximum absolute atomic E-state index is 2.48. The van der Waals surface area contributed by atoms with Crippen molar-refractivity contribution in [2.45, 2.75) is 33.2 Å². The molecule has 0 bridgehead atoms. The van der Waals surface area contributed by atoms with Gasteiger partial charge in [0.15, 0.2) is 0 Å². The van der Waals surface area contributed by atoms with Crippen LogP contribution >= 0.6 is 0 Å². The van der Waals surface area contributed by atoms with Gasteiger partial charge in [-0.15, -0.1) is 0 Å². The molecule has 0 saturated heterocycles. The Morgan fingerprint density at radius 2 is 1.90 bits per heavy atom. The monoisotopic (exact) mass is 261 g/mol. The summed E-state index contributed by atoms with van der Waals surface area (Å²) in [6.07, 6.45) is 0. The lowest BCUT2D eigenvalue weighted by molar-refractivity contribution is 0.804. The minimum absolute atomic E-state index is 0.498. The van der Waals surface area contributed by atoms with Gasteiger partial charge in [0.2, 0.25) is 0 Å². The summed E-state index contributed by atoms with van der Waals surface area (Å²) >= 11 is 0. The first-order chi connectivity index (χ1) is 9.72. The van der Waals surface area contributed by atoms with Crippen LogP contribution in [0.4, 0.5) is 0 Å². The first-order valence-corrected chi connectivity index (χ1v) is 7.44. The first kappa shape index (κ1) is 11.8. The molecule has 1 aromatic heterocycles. The zero-order valence-corrected chi connectivity index (χ0v) is 12.3. The Bertz CT molecular complexity index is 823. The molecule has 0 N–H and O–H groups in total. The van der Waals surface area contributed by atoms with Crippen molar-refractivity contribution in [2.24, 2.45) is 0 Å². The van der Waals surface area contributed by atoms with Gasteiger partial charge in [-0.05, 0) is 37.1 Å². The third kappa shape index (κ3) is 1.33. The summed E-state index contributed by atoms with van der Waals surface area (Å²) in [5, 5.41) is 1.44. The molecule has 3 aromatic rings. The Morgan fingerprint density at radius 1 is 1.10 bits per heavy atom. The highest BCUT2D eigenvalue weighted by Gasteiger charge is 2.31. The van der Waals surface area contributed by atoms with Crippen LogP contribution in [0.3, 0.4) is 0 Å². The van der Waals surface area contributed by atoms with Crippen LogP contribution in [-0.2, 0) is 6.54 Å². The lowest BCUT2D eigenvalue weighted by Crippen LogP contribution is -1.96. The van der Waals surface area contributed by atoms with Crippen LogP contribution in [-0.4, -0.2) is 4.57 Å². The summed E-state index contributed by atoms with van der Waals surface area (Å²) in [7, 11) is 0. The zero-order chi connectivity index (χ0) is 13.9. The molecule has 1 aliphatic rings. The molecule has 0 saturated carbocycles. The summed E-state index contributed by atoms with van der Waals surface area (Å²) in [6.45, 7) is 7.79. The molecule has 0 spiro atoms. The van der Waals surface area contributed by atoms with Crippen molar-refractivity contribution in [3.63, 3.8) is 0 Å². The van der Waals surface area contributed by atoms with Gasteiger partial charge in [0.05, 0.1) is 5.69 Å². The van der Waals surface area contributed by atoms with Crippen LogP contribution in [0.1, 0.15) is 36.5 Å². The minimum atomic E-state index is 0.498. The topological polar surface area (TPSA) is 4.93 Å². The highest BCUT2D eigenvalue weighted by atomic mass is 15.0. The number of aromatic nitrogens is 1. The first-order valence-electron chi connectivity index (χ1n) is 7.44. The van der Waals surface area contributed by atoms with Crippen LogP contribution < -0.4 is 0 Å². The van der Waals surface area contributed by atoms with E-state index in [4.69, 9.17) is 0 Å². The van der Waals surface area contributed by atoms with Gasteiger partial charge in [-0.25, -0.2) is 0 Å². The number of rotatable bonds is 1. The SMILES string of the molecule is CCn1c2c(c3cc(C)ccc31)C(C)c1ccccc1-2. The van der Waals surface area contributed by atoms with Gasteiger partial charge >= 0.3 is 0 Å². The van der Waals surface area contributed by atoms with E-state index in [0.717, 1.165) is 6.54 Å². The molecular weight excluding hydrogens is 242 g/mol. The Morgan fingerprint density at radius 3 is 2.70 bits per heavy atom. The van der Waals surface area contributed by atoms with Gasteiger partial charge in [-0.1, -0.05) is 42.8 Å². The van der Waals surface area contributed by atoms with Crippen molar-refractivity contribution in [1.82, 2.24) is 4.57 Å². The molecule has 4 rings (SSSR count). The van der Waals surface area contributed by atoms with Crippen molar-refractivity contribution in [1.29, 1.82) is 0 Å².